The van der Waals surface area contributed by atoms with Gasteiger partial charge in [-0.15, -0.1) is 0 Å². The molecule has 0 aliphatic carbocycles. The molecular formula is C10H12N4OS. The lowest BCUT2D eigenvalue weighted by atomic mass is 10.3. The molecular weight excluding hydrogens is 224 g/mol. The SMILES string of the molecule is COc1ccc(CNc2ncc(N)s2)cn1. The van der Waals surface area contributed by atoms with E-state index in [0.29, 0.717) is 17.4 Å². The Morgan fingerprint density at radius 1 is 1.38 bits per heavy atom. The highest BCUT2D eigenvalue weighted by Gasteiger charge is 1.99. The molecule has 2 rings (SSSR count). The van der Waals surface area contributed by atoms with Crippen LogP contribution in [0.5, 0.6) is 5.88 Å². The molecule has 0 bridgehead atoms. The Bertz CT molecular complexity index is 454. The maximum Gasteiger partial charge on any atom is 0.212 e. The van der Waals surface area contributed by atoms with E-state index >= 15 is 0 Å². The number of nitrogens with zero attached hydrogens (tertiary/aromatic N) is 2. The summed E-state index contributed by atoms with van der Waals surface area (Å²) in [4.78, 5) is 8.21. The van der Waals surface area contributed by atoms with E-state index in [2.05, 4.69) is 15.3 Å². The first kappa shape index (κ1) is 10.7. The molecule has 2 aromatic heterocycles. The molecule has 0 unspecified atom stereocenters. The molecule has 0 amide bonds. The van der Waals surface area contributed by atoms with E-state index in [1.165, 1.54) is 11.3 Å². The fraction of sp³-hybridized carbons (Fsp3) is 0.200. The van der Waals surface area contributed by atoms with Gasteiger partial charge in [-0.25, -0.2) is 9.97 Å². The summed E-state index contributed by atoms with van der Waals surface area (Å²) in [7, 11) is 1.60. The number of nitrogen functional groups attached to an aromatic ring is 1. The van der Waals surface area contributed by atoms with E-state index in [1.807, 2.05) is 12.1 Å². The second-order valence-electron chi connectivity index (χ2n) is 3.13. The van der Waals surface area contributed by atoms with Gasteiger partial charge in [-0.1, -0.05) is 17.4 Å². The second kappa shape index (κ2) is 4.80. The lowest BCUT2D eigenvalue weighted by molar-refractivity contribution is 0.397. The van der Waals surface area contributed by atoms with Crippen LogP contribution >= 0.6 is 11.3 Å². The van der Waals surface area contributed by atoms with Crippen LogP contribution in [0, 0.1) is 0 Å². The molecule has 0 fully saturated rings. The smallest absolute Gasteiger partial charge is 0.212 e. The van der Waals surface area contributed by atoms with E-state index in [1.54, 1.807) is 19.5 Å². The van der Waals surface area contributed by atoms with Crippen LogP contribution in [-0.4, -0.2) is 17.1 Å². The van der Waals surface area contributed by atoms with Gasteiger partial charge in [0.15, 0.2) is 5.13 Å². The topological polar surface area (TPSA) is 73.1 Å². The van der Waals surface area contributed by atoms with Gasteiger partial charge in [-0.05, 0) is 5.56 Å². The number of rotatable bonds is 4. The van der Waals surface area contributed by atoms with Crippen molar-refractivity contribution in [3.8, 4) is 5.88 Å². The van der Waals surface area contributed by atoms with Gasteiger partial charge in [-0.3, -0.25) is 0 Å². The Morgan fingerprint density at radius 3 is 2.81 bits per heavy atom. The molecule has 16 heavy (non-hydrogen) atoms. The van der Waals surface area contributed by atoms with Crippen LogP contribution in [0.25, 0.3) is 0 Å². The fourth-order valence-corrected chi connectivity index (χ4v) is 1.76. The van der Waals surface area contributed by atoms with Crippen molar-refractivity contribution in [1.29, 1.82) is 0 Å². The minimum absolute atomic E-state index is 0.613. The summed E-state index contributed by atoms with van der Waals surface area (Å²) in [6.07, 6.45) is 3.40. The van der Waals surface area contributed by atoms with Crippen molar-refractivity contribution in [2.75, 3.05) is 18.2 Å². The number of methoxy groups -OCH3 is 1. The number of thiazole rings is 1. The van der Waals surface area contributed by atoms with E-state index in [0.717, 1.165) is 10.7 Å². The molecule has 0 aliphatic heterocycles. The first-order valence-corrected chi connectivity index (χ1v) is 5.53. The van der Waals surface area contributed by atoms with Gasteiger partial charge >= 0.3 is 0 Å². The van der Waals surface area contributed by atoms with Gasteiger partial charge in [0.1, 0.15) is 5.00 Å². The van der Waals surface area contributed by atoms with Crippen molar-refractivity contribution in [2.45, 2.75) is 6.54 Å². The average Bonchev–Trinajstić information content (AvgIpc) is 2.73. The summed E-state index contributed by atoms with van der Waals surface area (Å²) in [5.41, 5.74) is 6.64. The Balaban J connectivity index is 1.94. The van der Waals surface area contributed by atoms with Crippen LogP contribution in [0.2, 0.25) is 0 Å². The highest BCUT2D eigenvalue weighted by molar-refractivity contribution is 7.19. The maximum absolute atomic E-state index is 5.57. The predicted octanol–water partition coefficient (Wildman–Crippen LogP) is 1.74. The third-order valence-electron chi connectivity index (χ3n) is 1.97. The lowest BCUT2D eigenvalue weighted by Crippen LogP contribution is -1.99. The van der Waals surface area contributed by atoms with Gasteiger partial charge in [0, 0.05) is 18.8 Å². The standard InChI is InChI=1S/C10H12N4OS/c1-15-9-3-2-7(4-12-9)5-13-10-14-6-8(11)16-10/h2-4,6H,5,11H2,1H3,(H,13,14). The molecule has 0 saturated heterocycles. The summed E-state index contributed by atoms with van der Waals surface area (Å²) < 4.78 is 4.98. The van der Waals surface area contributed by atoms with Crippen LogP contribution < -0.4 is 15.8 Å². The van der Waals surface area contributed by atoms with E-state index in [4.69, 9.17) is 10.5 Å². The first-order valence-electron chi connectivity index (χ1n) is 4.72. The zero-order chi connectivity index (χ0) is 11.4. The Labute approximate surface area is 97.3 Å². The monoisotopic (exact) mass is 236 g/mol. The number of aromatic nitrogens is 2. The third kappa shape index (κ3) is 2.60. The summed E-state index contributed by atoms with van der Waals surface area (Å²) in [5.74, 6) is 0.613. The van der Waals surface area contributed by atoms with E-state index in [9.17, 15) is 0 Å². The zero-order valence-electron chi connectivity index (χ0n) is 8.80. The summed E-state index contributed by atoms with van der Waals surface area (Å²) in [5, 5.41) is 4.68. The predicted molar refractivity (Wildman–Crippen MR) is 64.6 cm³/mol. The van der Waals surface area contributed by atoms with Crippen molar-refractivity contribution < 1.29 is 4.74 Å². The lowest BCUT2D eigenvalue weighted by Gasteiger charge is -2.03. The van der Waals surface area contributed by atoms with Gasteiger partial charge < -0.3 is 15.8 Å². The average molecular weight is 236 g/mol. The van der Waals surface area contributed by atoms with Crippen LogP contribution in [-0.2, 0) is 6.54 Å². The number of hydrogen-bond donors (Lipinski definition) is 2. The minimum atomic E-state index is 0.613. The number of pyridine rings is 1. The molecule has 84 valence electrons. The normalized spacial score (nSPS) is 10.1. The molecule has 0 aliphatic rings. The summed E-state index contributed by atoms with van der Waals surface area (Å²) in [6, 6.07) is 3.78. The Morgan fingerprint density at radius 2 is 2.25 bits per heavy atom. The van der Waals surface area contributed by atoms with Gasteiger partial charge in [0.25, 0.3) is 0 Å². The number of anilines is 2. The van der Waals surface area contributed by atoms with Crippen LogP contribution in [0.15, 0.2) is 24.5 Å². The highest BCUT2D eigenvalue weighted by Crippen LogP contribution is 2.20. The number of hydrogen-bond acceptors (Lipinski definition) is 6. The molecule has 0 spiro atoms. The highest BCUT2D eigenvalue weighted by atomic mass is 32.1. The number of nitrogens with two attached hydrogens (primary N) is 1. The quantitative estimate of drug-likeness (QED) is 0.846. The van der Waals surface area contributed by atoms with Crippen molar-refractivity contribution in [1.82, 2.24) is 9.97 Å². The van der Waals surface area contributed by atoms with Crippen LogP contribution in [0.4, 0.5) is 10.1 Å². The maximum atomic E-state index is 5.57. The van der Waals surface area contributed by atoms with Gasteiger partial charge in [0.2, 0.25) is 5.88 Å². The first-order chi connectivity index (χ1) is 7.78. The number of nitrogens with one attached hydrogen (secondary N) is 1. The zero-order valence-corrected chi connectivity index (χ0v) is 9.62. The molecule has 6 heteroatoms. The molecule has 0 radical (unpaired) electrons. The molecule has 0 atom stereocenters. The van der Waals surface area contributed by atoms with Crippen LogP contribution in [0.3, 0.4) is 0 Å². The summed E-state index contributed by atoms with van der Waals surface area (Å²) >= 11 is 1.43. The fourth-order valence-electron chi connectivity index (χ4n) is 1.18. The second-order valence-corrected chi connectivity index (χ2v) is 4.19. The molecule has 0 aromatic carbocycles. The van der Waals surface area contributed by atoms with Gasteiger partial charge in [0.05, 0.1) is 13.3 Å². The molecule has 2 aromatic rings. The van der Waals surface area contributed by atoms with Crippen molar-refractivity contribution in [3.63, 3.8) is 0 Å². The van der Waals surface area contributed by atoms with Gasteiger partial charge in [-0.2, -0.15) is 0 Å². The third-order valence-corrected chi connectivity index (χ3v) is 2.76. The largest absolute Gasteiger partial charge is 0.481 e. The van der Waals surface area contributed by atoms with Crippen molar-refractivity contribution in [2.24, 2.45) is 0 Å². The number of ether oxygens (including phenoxy) is 1. The van der Waals surface area contributed by atoms with E-state index < -0.39 is 0 Å². The van der Waals surface area contributed by atoms with Crippen molar-refractivity contribution in [3.05, 3.63) is 30.1 Å². The molecule has 3 N–H and O–H groups in total. The Hall–Kier alpha value is -1.82. The van der Waals surface area contributed by atoms with Crippen molar-refractivity contribution >= 4 is 21.5 Å². The Kier molecular flexibility index (Phi) is 3.21. The molecule has 0 saturated carbocycles. The molecule has 5 nitrogen and oxygen atoms in total. The van der Waals surface area contributed by atoms with Crippen LogP contribution in [0.1, 0.15) is 5.56 Å². The van der Waals surface area contributed by atoms with E-state index in [-0.39, 0.29) is 0 Å². The molecule has 2 heterocycles. The minimum Gasteiger partial charge on any atom is -0.481 e. The summed E-state index contributed by atoms with van der Waals surface area (Å²) in [6.45, 7) is 0.671.